The Morgan fingerprint density at radius 1 is 1.00 bits per heavy atom. The summed E-state index contributed by atoms with van der Waals surface area (Å²) in [4.78, 5) is 14.7. The number of carbonyl (C=O) groups is 1. The lowest BCUT2D eigenvalue weighted by Crippen LogP contribution is -2.60. The Bertz CT molecular complexity index is 1070. The van der Waals surface area contributed by atoms with Gasteiger partial charge in [-0.15, -0.1) is 0 Å². The van der Waals surface area contributed by atoms with Crippen LogP contribution in [0.2, 0.25) is 0 Å². The van der Waals surface area contributed by atoms with Gasteiger partial charge in [-0.2, -0.15) is 0 Å². The number of rotatable bonds is 4. The van der Waals surface area contributed by atoms with Gasteiger partial charge in [0.25, 0.3) is 0 Å². The largest absolute Gasteiger partial charge is 0.443 e. The van der Waals surface area contributed by atoms with Crippen LogP contribution in [0.4, 0.5) is 4.79 Å². The molecule has 6 heteroatoms. The Kier molecular flexibility index (Phi) is 6.41. The molecule has 7 aliphatic rings. The van der Waals surface area contributed by atoms with Gasteiger partial charge < -0.3 is 24.2 Å². The molecule has 1 amide bonds. The number of fused-ring (bicyclic) bond motifs is 4. The second-order valence-corrected chi connectivity index (χ2v) is 17.2. The molecule has 13 atom stereocenters. The van der Waals surface area contributed by atoms with Crippen LogP contribution in [0.15, 0.2) is 0 Å². The van der Waals surface area contributed by atoms with Crippen LogP contribution < -0.4 is 0 Å². The third kappa shape index (κ3) is 3.45. The molecule has 232 valence electrons. The molecule has 0 aromatic carbocycles. The summed E-state index contributed by atoms with van der Waals surface area (Å²) in [6, 6.07) is 0. The van der Waals surface area contributed by atoms with E-state index < -0.39 is 6.10 Å². The summed E-state index contributed by atoms with van der Waals surface area (Å²) < 4.78 is 19.2. The predicted molar refractivity (Wildman–Crippen MR) is 158 cm³/mol. The van der Waals surface area contributed by atoms with Crippen LogP contribution in [0, 0.1) is 56.7 Å². The van der Waals surface area contributed by atoms with E-state index in [-0.39, 0.29) is 46.6 Å². The molecule has 2 heterocycles. The zero-order chi connectivity index (χ0) is 29.3. The number of ether oxygens (including phenoxy) is 3. The summed E-state index contributed by atoms with van der Waals surface area (Å²) in [7, 11) is 1.91. The first-order valence-electron chi connectivity index (χ1n) is 17.1. The molecule has 0 unspecified atom stereocenters. The SMILES string of the molecule is CO[C@H]1CC[C@]23C[C@]24CC[C@]2(C)[C@@H]5[C@H](O[C@@H]([C@H](OC(=O)N6CCC6)C(C)C)C[C@H]5C)[C@H](O)[C@@]2(C)[C@@H]4CC[C@H]3C1(C)C. The van der Waals surface area contributed by atoms with Crippen molar-refractivity contribution in [3.63, 3.8) is 0 Å². The van der Waals surface area contributed by atoms with Crippen molar-refractivity contribution < 1.29 is 24.1 Å². The highest BCUT2D eigenvalue weighted by molar-refractivity contribution is 5.68. The molecule has 41 heavy (non-hydrogen) atoms. The lowest BCUT2D eigenvalue weighted by Gasteiger charge is -2.63. The fourth-order valence-corrected chi connectivity index (χ4v) is 13.3. The van der Waals surface area contributed by atoms with Gasteiger partial charge in [0.15, 0.2) is 0 Å². The number of methoxy groups -OCH3 is 1. The molecule has 0 aromatic rings. The molecule has 6 nitrogen and oxygen atoms in total. The number of hydrogen-bond donors (Lipinski definition) is 1. The Labute approximate surface area is 248 Å². The highest BCUT2D eigenvalue weighted by Crippen LogP contribution is 2.89. The number of aliphatic hydroxyl groups excluding tert-OH is 1. The van der Waals surface area contributed by atoms with E-state index in [9.17, 15) is 9.90 Å². The van der Waals surface area contributed by atoms with Crippen LogP contribution in [0.25, 0.3) is 0 Å². The summed E-state index contributed by atoms with van der Waals surface area (Å²) in [5, 5.41) is 12.5. The Hall–Kier alpha value is -0.850. The maximum atomic E-state index is 12.9. The third-order valence-electron chi connectivity index (χ3n) is 15.4. The van der Waals surface area contributed by atoms with Gasteiger partial charge in [0, 0.05) is 25.6 Å². The maximum absolute atomic E-state index is 12.9. The standard InChI is InChI=1S/C35H57NO5/c1-20(2)27(41-30(38)36-16-9-17-36)22-18-21(3)26-28(40-22)29(37)33(7)24-11-10-23-31(4,5)25(39-8)12-13-34(23)19-35(24,34)15-14-32(26,33)6/h20-29,37H,9-19H2,1-8H3/t21-,22-,23+,24+,25+,26+,27-,28+,29+,32-,33-,34-,35+/m1/s1. The summed E-state index contributed by atoms with van der Waals surface area (Å²) in [6.45, 7) is 18.2. The zero-order valence-corrected chi connectivity index (χ0v) is 27.1. The molecule has 2 saturated heterocycles. The van der Waals surface area contributed by atoms with Crippen molar-refractivity contribution in [3.05, 3.63) is 0 Å². The lowest BCUT2D eigenvalue weighted by atomic mass is 9.41. The predicted octanol–water partition coefficient (Wildman–Crippen LogP) is 6.68. The number of hydrogen-bond acceptors (Lipinski definition) is 5. The Morgan fingerprint density at radius 3 is 2.32 bits per heavy atom. The van der Waals surface area contributed by atoms with Crippen molar-refractivity contribution in [2.24, 2.45) is 56.7 Å². The third-order valence-corrected chi connectivity index (χ3v) is 15.4. The van der Waals surface area contributed by atoms with Gasteiger partial charge in [-0.05, 0) is 109 Å². The maximum Gasteiger partial charge on any atom is 0.410 e. The van der Waals surface area contributed by atoms with Crippen molar-refractivity contribution in [2.75, 3.05) is 20.2 Å². The lowest BCUT2D eigenvalue weighted by molar-refractivity contribution is -0.187. The smallest absolute Gasteiger partial charge is 0.410 e. The van der Waals surface area contributed by atoms with E-state index in [1.807, 2.05) is 7.11 Å². The summed E-state index contributed by atoms with van der Waals surface area (Å²) in [5.41, 5.74) is 0.881. The van der Waals surface area contributed by atoms with E-state index in [4.69, 9.17) is 14.2 Å². The van der Waals surface area contributed by atoms with E-state index in [2.05, 4.69) is 48.5 Å². The Balaban J connectivity index is 1.18. The first-order valence-corrected chi connectivity index (χ1v) is 17.1. The van der Waals surface area contributed by atoms with Crippen LogP contribution >= 0.6 is 0 Å². The first-order chi connectivity index (χ1) is 19.3. The first kappa shape index (κ1) is 28.9. The van der Waals surface area contributed by atoms with Crippen LogP contribution in [-0.2, 0) is 14.2 Å². The van der Waals surface area contributed by atoms with Crippen LogP contribution in [0.5, 0.6) is 0 Å². The minimum atomic E-state index is -0.485. The van der Waals surface area contributed by atoms with Gasteiger partial charge in [0.05, 0.1) is 24.4 Å². The van der Waals surface area contributed by atoms with Crippen LogP contribution in [-0.4, -0.2) is 66.8 Å². The average molecular weight is 572 g/mol. The average Bonchev–Trinajstić information content (AvgIpc) is 3.50. The monoisotopic (exact) mass is 571 g/mol. The minimum absolute atomic E-state index is 0.0505. The van der Waals surface area contributed by atoms with Gasteiger partial charge in [-0.25, -0.2) is 4.79 Å². The van der Waals surface area contributed by atoms with E-state index in [0.717, 1.165) is 25.9 Å². The molecule has 7 rings (SSSR count). The molecule has 0 bridgehead atoms. The summed E-state index contributed by atoms with van der Waals surface area (Å²) >= 11 is 0. The van der Waals surface area contributed by atoms with Crippen molar-refractivity contribution in [3.8, 4) is 0 Å². The van der Waals surface area contributed by atoms with Crippen molar-refractivity contribution in [1.29, 1.82) is 0 Å². The number of carbonyl (C=O) groups excluding carboxylic acids is 1. The van der Waals surface area contributed by atoms with Crippen LogP contribution in [0.3, 0.4) is 0 Å². The summed E-state index contributed by atoms with van der Waals surface area (Å²) in [5.74, 6) is 2.17. The van der Waals surface area contributed by atoms with Gasteiger partial charge in [-0.3, -0.25) is 0 Å². The number of amides is 1. The second kappa shape index (κ2) is 9.10. The molecule has 7 fully saturated rings. The topological polar surface area (TPSA) is 68.2 Å². The zero-order valence-electron chi connectivity index (χ0n) is 27.1. The quantitative estimate of drug-likeness (QED) is 0.408. The molecule has 0 radical (unpaired) electrons. The fraction of sp³-hybridized carbons (Fsp3) is 0.971. The van der Waals surface area contributed by atoms with Gasteiger partial charge in [-0.1, -0.05) is 48.5 Å². The van der Waals surface area contributed by atoms with Gasteiger partial charge >= 0.3 is 6.09 Å². The minimum Gasteiger partial charge on any atom is -0.443 e. The van der Waals surface area contributed by atoms with Crippen molar-refractivity contribution in [2.45, 2.75) is 137 Å². The van der Waals surface area contributed by atoms with Crippen molar-refractivity contribution >= 4 is 6.09 Å². The van der Waals surface area contributed by atoms with Gasteiger partial charge in [0.1, 0.15) is 6.10 Å². The van der Waals surface area contributed by atoms with E-state index in [1.54, 1.807) is 4.90 Å². The van der Waals surface area contributed by atoms with E-state index in [1.165, 1.54) is 44.9 Å². The van der Waals surface area contributed by atoms with Crippen molar-refractivity contribution in [1.82, 2.24) is 4.90 Å². The fourth-order valence-electron chi connectivity index (χ4n) is 13.3. The molecule has 5 aliphatic carbocycles. The Morgan fingerprint density at radius 2 is 1.68 bits per heavy atom. The normalized spacial score (nSPS) is 53.7. The second-order valence-electron chi connectivity index (χ2n) is 17.2. The number of likely N-dealkylation sites (tertiary alicyclic amines) is 1. The molecule has 5 saturated carbocycles. The van der Waals surface area contributed by atoms with E-state index in [0.29, 0.717) is 40.6 Å². The van der Waals surface area contributed by atoms with E-state index >= 15 is 0 Å². The van der Waals surface area contributed by atoms with Crippen LogP contribution in [0.1, 0.15) is 106 Å². The molecule has 2 aliphatic heterocycles. The molecule has 2 spiro atoms. The highest BCUT2D eigenvalue weighted by Gasteiger charge is 2.84. The molecular weight excluding hydrogens is 514 g/mol. The highest BCUT2D eigenvalue weighted by atomic mass is 16.6. The molecular formula is C35H57NO5. The summed E-state index contributed by atoms with van der Waals surface area (Å²) in [6.07, 6.45) is 9.77. The number of nitrogens with zero attached hydrogens (tertiary/aromatic N) is 1. The molecule has 1 N–H and O–H groups in total. The molecule has 0 aromatic heterocycles. The van der Waals surface area contributed by atoms with Gasteiger partial charge in [0.2, 0.25) is 0 Å². The number of aliphatic hydroxyl groups is 1.